The first-order valence-electron chi connectivity index (χ1n) is 22.6. The molecule has 0 bridgehead atoms. The van der Waals surface area contributed by atoms with Crippen molar-refractivity contribution in [3.05, 3.63) is 229 Å². The Labute approximate surface area is 369 Å². The first kappa shape index (κ1) is 39.7. The molecule has 2 atom stereocenters. The van der Waals surface area contributed by atoms with Crippen LogP contribution in [0.3, 0.4) is 0 Å². The Balaban J connectivity index is 1.21. The third-order valence-corrected chi connectivity index (χ3v) is 17.3. The summed E-state index contributed by atoms with van der Waals surface area (Å²) in [5.74, 6) is 1.55. The summed E-state index contributed by atoms with van der Waals surface area (Å²) in [4.78, 5) is 11.3. The molecule has 1 aliphatic carbocycles. The third-order valence-electron chi connectivity index (χ3n) is 13.7. The molecule has 7 aromatic carbocycles. The fraction of sp³-hybridized carbons (Fsp3) is 0.175. The summed E-state index contributed by atoms with van der Waals surface area (Å²) in [6.07, 6.45) is 8.56. The van der Waals surface area contributed by atoms with Crippen molar-refractivity contribution >= 4 is 31.2 Å². The van der Waals surface area contributed by atoms with E-state index in [4.69, 9.17) is 4.98 Å². The first-order chi connectivity index (χ1) is 30.6. The van der Waals surface area contributed by atoms with E-state index >= 15 is 0 Å². The quantitative estimate of drug-likeness (QED) is 0.128. The molecular weight excluding hydrogens is 766 g/mol. The van der Waals surface area contributed by atoms with E-state index in [-0.39, 0.29) is 18.7 Å². The minimum atomic E-state index is -2.43. The smallest absolute Gasteiger partial charge is 0.363 e. The van der Waals surface area contributed by atoms with Gasteiger partial charge >= 0.3 is 6.57 Å². The predicted molar refractivity (Wildman–Crippen MR) is 265 cm³/mol. The van der Waals surface area contributed by atoms with Crippen LogP contribution in [0.1, 0.15) is 66.8 Å². The number of benzene rings is 7. The molecule has 8 aromatic rings. The number of anilines is 2. The van der Waals surface area contributed by atoms with Gasteiger partial charge in [-0.15, -0.1) is 0 Å². The van der Waals surface area contributed by atoms with Gasteiger partial charge in [0, 0.05) is 17.4 Å². The summed E-state index contributed by atoms with van der Waals surface area (Å²) in [7, 11) is -2.43. The number of hydrogen-bond acceptors (Lipinski definition) is 3. The van der Waals surface area contributed by atoms with Crippen LogP contribution in [0, 0.1) is 0 Å². The fourth-order valence-corrected chi connectivity index (χ4v) is 14.1. The van der Waals surface area contributed by atoms with Crippen molar-refractivity contribution in [2.75, 3.05) is 9.62 Å². The van der Waals surface area contributed by atoms with Crippen molar-refractivity contribution in [2.45, 2.75) is 63.2 Å². The average Bonchev–Trinajstić information content (AvgIpc) is 3.72. The molecule has 0 N–H and O–H groups in total. The van der Waals surface area contributed by atoms with Crippen molar-refractivity contribution in [1.82, 2.24) is 4.98 Å². The second kappa shape index (κ2) is 17.5. The van der Waals surface area contributed by atoms with Crippen LogP contribution < -0.4 is 14.8 Å². The lowest BCUT2D eigenvalue weighted by Gasteiger charge is -2.41. The van der Waals surface area contributed by atoms with E-state index in [1.54, 1.807) is 0 Å². The molecular formula is C57H54BN3Si. The van der Waals surface area contributed by atoms with Gasteiger partial charge < -0.3 is 9.62 Å². The minimum absolute atomic E-state index is 0.0201. The van der Waals surface area contributed by atoms with Gasteiger partial charge in [0.2, 0.25) is 0 Å². The Hall–Kier alpha value is -6.43. The van der Waals surface area contributed by atoms with Crippen LogP contribution in [0.25, 0.3) is 33.4 Å². The Kier molecular flexibility index (Phi) is 11.2. The highest BCUT2D eigenvalue weighted by molar-refractivity contribution is 7.40. The van der Waals surface area contributed by atoms with Gasteiger partial charge in [0.1, 0.15) is 13.8 Å². The van der Waals surface area contributed by atoms with Crippen LogP contribution in [0.2, 0.25) is 13.1 Å². The summed E-state index contributed by atoms with van der Waals surface area (Å²) >= 11 is 0. The Morgan fingerprint density at radius 1 is 0.468 bits per heavy atom. The highest BCUT2D eigenvalue weighted by Gasteiger charge is 2.59. The monoisotopic (exact) mass is 819 g/mol. The number of pyridine rings is 1. The molecule has 0 unspecified atom stereocenters. The molecule has 5 heteroatoms. The van der Waals surface area contributed by atoms with E-state index in [1.807, 2.05) is 0 Å². The van der Waals surface area contributed by atoms with Crippen molar-refractivity contribution < 1.29 is 0 Å². The van der Waals surface area contributed by atoms with Crippen LogP contribution in [0.5, 0.6) is 0 Å². The van der Waals surface area contributed by atoms with E-state index in [2.05, 4.69) is 235 Å². The lowest BCUT2D eigenvalue weighted by molar-refractivity contribution is 0.443. The van der Waals surface area contributed by atoms with Crippen LogP contribution in [0.4, 0.5) is 11.5 Å². The lowest BCUT2D eigenvalue weighted by atomic mass is 9.82. The summed E-state index contributed by atoms with van der Waals surface area (Å²) in [6.45, 7) is 5.20. The summed E-state index contributed by atoms with van der Waals surface area (Å²) in [6, 6.07) is 76.4. The molecule has 2 aliphatic rings. The molecule has 62 heavy (non-hydrogen) atoms. The highest BCUT2D eigenvalue weighted by atomic mass is 28.3. The fourth-order valence-electron chi connectivity index (χ4n) is 10.7. The summed E-state index contributed by atoms with van der Waals surface area (Å²) in [5.41, 5.74) is 12.6. The lowest BCUT2D eigenvalue weighted by Crippen LogP contribution is -2.68. The van der Waals surface area contributed by atoms with E-state index in [0.29, 0.717) is 5.92 Å². The van der Waals surface area contributed by atoms with Crippen LogP contribution in [-0.2, 0) is 0 Å². The zero-order chi connectivity index (χ0) is 41.9. The molecule has 0 amide bonds. The number of aromatic nitrogens is 1. The van der Waals surface area contributed by atoms with E-state index in [9.17, 15) is 0 Å². The molecule has 2 heterocycles. The summed E-state index contributed by atoms with van der Waals surface area (Å²) < 4.78 is 0. The van der Waals surface area contributed by atoms with Gasteiger partial charge in [-0.25, -0.2) is 4.98 Å². The number of para-hydroxylation sites is 1. The molecule has 1 aliphatic heterocycles. The average molecular weight is 820 g/mol. The Bertz CT molecular complexity index is 2650. The largest absolute Gasteiger partial charge is 0.389 e. The van der Waals surface area contributed by atoms with Gasteiger partial charge in [-0.1, -0.05) is 226 Å². The van der Waals surface area contributed by atoms with Crippen molar-refractivity contribution in [1.29, 1.82) is 0 Å². The first-order valence-corrected chi connectivity index (χ1v) is 25.7. The molecule has 1 aromatic heterocycles. The van der Waals surface area contributed by atoms with Gasteiger partial charge in [0.15, 0.2) is 0 Å². The molecule has 10 rings (SSSR count). The normalized spacial score (nSPS) is 17.0. The van der Waals surface area contributed by atoms with Gasteiger partial charge in [0.05, 0.1) is 12.1 Å². The van der Waals surface area contributed by atoms with Gasteiger partial charge in [-0.2, -0.15) is 0 Å². The van der Waals surface area contributed by atoms with Crippen LogP contribution >= 0.6 is 0 Å². The third kappa shape index (κ3) is 7.49. The molecule has 0 spiro atoms. The van der Waals surface area contributed by atoms with Gasteiger partial charge in [0.25, 0.3) is 0 Å². The maximum atomic E-state index is 5.63. The Morgan fingerprint density at radius 3 is 1.52 bits per heavy atom. The molecule has 304 valence electrons. The molecule has 2 fully saturated rings. The van der Waals surface area contributed by atoms with Gasteiger partial charge in [-0.05, 0) is 81.5 Å². The predicted octanol–water partition coefficient (Wildman–Crippen LogP) is 14.1. The maximum Gasteiger partial charge on any atom is 0.363 e. The standard InChI is InChI=1S/C57H54BN3Si/c1-62(2,49-34-19-8-20-35-49)58-60(53-39-22-21-36-50(53)43-24-9-3-10-25-43)56(46-30-15-6-16-31-46)57(47-32-17-7-18-33-47)61(58)54-41-40-48(42-59-54)55-51(44-26-11-4-12-27-44)37-23-38-52(55)45-28-13-5-14-29-45/h4-8,11-23,26-43,56-57H,3,9-10,24-25H2,1-2H3/t56-,57-/m0/s1. The van der Waals surface area contributed by atoms with E-state index in [0.717, 1.165) is 11.4 Å². The number of rotatable bonds is 10. The second-order valence-electron chi connectivity index (χ2n) is 17.7. The topological polar surface area (TPSA) is 19.4 Å². The minimum Gasteiger partial charge on any atom is -0.389 e. The van der Waals surface area contributed by atoms with Crippen LogP contribution in [-0.4, -0.2) is 19.5 Å². The molecule has 3 nitrogen and oxygen atoms in total. The second-order valence-corrected chi connectivity index (χ2v) is 22.3. The number of hydrogen-bond donors (Lipinski definition) is 0. The Morgan fingerprint density at radius 2 is 0.968 bits per heavy atom. The maximum absolute atomic E-state index is 5.63. The van der Waals surface area contributed by atoms with Gasteiger partial charge in [-0.3, -0.25) is 0 Å². The summed E-state index contributed by atoms with van der Waals surface area (Å²) in [5, 5.41) is 1.44. The number of nitrogens with zero attached hydrogens (tertiary/aromatic N) is 3. The zero-order valence-electron chi connectivity index (χ0n) is 35.9. The molecule has 0 radical (unpaired) electrons. The molecule has 1 saturated heterocycles. The van der Waals surface area contributed by atoms with Crippen molar-refractivity contribution in [2.24, 2.45) is 0 Å². The SMILES string of the molecule is C[Si](C)(B1N(c2ccc(-c3c(-c4ccccc4)cccc3-c3ccccc3)cn2)[C@@H](c2ccccc2)[C@H](c2ccccc2)N1c1ccccc1C1CCCCC1)c1ccccc1. The zero-order valence-corrected chi connectivity index (χ0v) is 36.9. The van der Waals surface area contributed by atoms with Crippen LogP contribution in [0.15, 0.2) is 212 Å². The van der Waals surface area contributed by atoms with Crippen molar-refractivity contribution in [3.63, 3.8) is 0 Å². The van der Waals surface area contributed by atoms with E-state index < -0.39 is 7.94 Å². The molecule has 1 saturated carbocycles. The highest BCUT2D eigenvalue weighted by Crippen LogP contribution is 2.53. The van der Waals surface area contributed by atoms with Crippen molar-refractivity contribution in [3.8, 4) is 33.4 Å². The van der Waals surface area contributed by atoms with E-state index in [1.165, 1.54) is 87.5 Å².